The van der Waals surface area contributed by atoms with Gasteiger partial charge in [0.05, 0.1) is 0 Å². The lowest BCUT2D eigenvalue weighted by molar-refractivity contribution is -0.155. The van der Waals surface area contributed by atoms with Crippen molar-refractivity contribution in [3.8, 4) is 0 Å². The molecule has 1 fully saturated rings. The third-order valence-corrected chi connectivity index (χ3v) is 4.27. The van der Waals surface area contributed by atoms with E-state index in [1.807, 2.05) is 6.92 Å². The van der Waals surface area contributed by atoms with E-state index < -0.39 is 11.6 Å². The van der Waals surface area contributed by atoms with E-state index in [0.717, 1.165) is 6.42 Å². The molecule has 0 aromatic rings. The molecule has 2 amide bonds. The third kappa shape index (κ3) is 3.51. The average molecular weight is 284 g/mol. The number of piperazine rings is 1. The molecule has 0 aliphatic carbocycles. The number of hydrogen-bond donors (Lipinski definition) is 1. The summed E-state index contributed by atoms with van der Waals surface area (Å²) in [4.78, 5) is 26.5. The zero-order chi connectivity index (χ0) is 15.6. The van der Waals surface area contributed by atoms with Crippen LogP contribution in [0, 0.1) is 5.41 Å². The Morgan fingerprint density at radius 1 is 1.40 bits per heavy atom. The summed E-state index contributed by atoms with van der Waals surface area (Å²) in [6.45, 7) is 10.9. The Morgan fingerprint density at radius 3 is 2.50 bits per heavy atom. The van der Waals surface area contributed by atoms with Gasteiger partial charge in [-0.25, -0.2) is 0 Å². The van der Waals surface area contributed by atoms with Gasteiger partial charge in [0, 0.05) is 20.3 Å². The van der Waals surface area contributed by atoms with E-state index in [1.54, 1.807) is 25.9 Å². The molecule has 0 radical (unpaired) electrons. The van der Waals surface area contributed by atoms with Gasteiger partial charge >= 0.3 is 0 Å². The molecule has 0 aromatic heterocycles. The first-order valence-corrected chi connectivity index (χ1v) is 7.29. The van der Waals surface area contributed by atoms with Crippen LogP contribution in [0.15, 0.2) is 0 Å². The van der Waals surface area contributed by atoms with Gasteiger partial charge in [-0.15, -0.1) is 0 Å². The minimum absolute atomic E-state index is 0.0117. The molecule has 1 N–H and O–H groups in total. The Labute approximate surface area is 122 Å². The minimum Gasteiger partial charge on any atom is -0.385 e. The highest BCUT2D eigenvalue weighted by Gasteiger charge is 2.46. The number of amides is 2. The monoisotopic (exact) mass is 284 g/mol. The van der Waals surface area contributed by atoms with Crippen LogP contribution in [0.1, 0.15) is 47.5 Å². The zero-order valence-electron chi connectivity index (χ0n) is 13.6. The van der Waals surface area contributed by atoms with Crippen molar-refractivity contribution in [2.75, 3.05) is 20.3 Å². The second-order valence-electron chi connectivity index (χ2n) is 6.69. The highest BCUT2D eigenvalue weighted by molar-refractivity contribution is 5.99. The van der Waals surface area contributed by atoms with Crippen molar-refractivity contribution in [2.24, 2.45) is 5.41 Å². The lowest BCUT2D eigenvalue weighted by Crippen LogP contribution is -2.69. The Bertz CT molecular complexity index is 381. The summed E-state index contributed by atoms with van der Waals surface area (Å²) in [6, 6.07) is -0.413. The van der Waals surface area contributed by atoms with E-state index >= 15 is 0 Å². The largest absolute Gasteiger partial charge is 0.385 e. The summed E-state index contributed by atoms with van der Waals surface area (Å²) < 4.78 is 5.12. The van der Waals surface area contributed by atoms with Gasteiger partial charge in [0.1, 0.15) is 11.6 Å². The molecule has 116 valence electrons. The summed E-state index contributed by atoms with van der Waals surface area (Å²) in [5, 5.41) is 2.85. The van der Waals surface area contributed by atoms with Crippen LogP contribution in [0.25, 0.3) is 0 Å². The Morgan fingerprint density at radius 2 is 2.00 bits per heavy atom. The minimum atomic E-state index is -0.777. The second-order valence-corrected chi connectivity index (χ2v) is 6.69. The number of hydrogen-bond acceptors (Lipinski definition) is 3. The smallest absolute Gasteiger partial charge is 0.248 e. The Kier molecular flexibility index (Phi) is 5.19. The number of ether oxygens (including phenoxy) is 1. The maximum Gasteiger partial charge on any atom is 0.248 e. The maximum atomic E-state index is 12.7. The number of methoxy groups -OCH3 is 1. The SMILES string of the molecule is CCC1(C)NC(=O)C(C)N(CC(C)(C)CCOC)C1=O. The first kappa shape index (κ1) is 17.0. The number of carbonyl (C=O) groups is 2. The van der Waals surface area contributed by atoms with Crippen LogP contribution in [0.4, 0.5) is 0 Å². The van der Waals surface area contributed by atoms with Gasteiger partial charge in [0.2, 0.25) is 11.8 Å². The van der Waals surface area contributed by atoms with Crippen LogP contribution < -0.4 is 5.32 Å². The highest BCUT2D eigenvalue weighted by Crippen LogP contribution is 2.28. The number of rotatable bonds is 6. The second kappa shape index (κ2) is 6.12. The molecule has 1 rings (SSSR count). The van der Waals surface area contributed by atoms with Crippen LogP contribution in [-0.2, 0) is 14.3 Å². The average Bonchev–Trinajstić information content (AvgIpc) is 2.39. The lowest BCUT2D eigenvalue weighted by atomic mass is 9.85. The van der Waals surface area contributed by atoms with Crippen molar-refractivity contribution in [2.45, 2.75) is 59.0 Å². The predicted octanol–water partition coefficient (Wildman–Crippen LogP) is 1.56. The van der Waals surface area contributed by atoms with Crippen LogP contribution in [0.5, 0.6) is 0 Å². The summed E-state index contributed by atoms with van der Waals surface area (Å²) in [7, 11) is 1.67. The summed E-state index contributed by atoms with van der Waals surface area (Å²) in [5.41, 5.74) is -0.854. The fraction of sp³-hybridized carbons (Fsp3) is 0.867. The van der Waals surface area contributed by atoms with Gasteiger partial charge in [-0.2, -0.15) is 0 Å². The molecule has 20 heavy (non-hydrogen) atoms. The first-order valence-electron chi connectivity index (χ1n) is 7.29. The highest BCUT2D eigenvalue weighted by atomic mass is 16.5. The molecule has 2 unspecified atom stereocenters. The molecule has 0 aromatic carbocycles. The van der Waals surface area contributed by atoms with E-state index in [0.29, 0.717) is 19.6 Å². The van der Waals surface area contributed by atoms with Crippen molar-refractivity contribution in [3.05, 3.63) is 0 Å². The van der Waals surface area contributed by atoms with Crippen molar-refractivity contribution in [3.63, 3.8) is 0 Å². The molecule has 0 saturated carbocycles. The standard InChI is InChI=1S/C15H28N2O3/c1-7-15(5)13(19)17(11(2)12(18)16-15)10-14(3,4)8-9-20-6/h11H,7-10H2,1-6H3,(H,16,18). The van der Waals surface area contributed by atoms with Crippen molar-refractivity contribution in [1.82, 2.24) is 10.2 Å². The number of carbonyl (C=O) groups excluding carboxylic acids is 2. The molecular formula is C15H28N2O3. The molecule has 5 nitrogen and oxygen atoms in total. The van der Waals surface area contributed by atoms with Gasteiger partial charge in [-0.3, -0.25) is 9.59 Å². The fourth-order valence-electron chi connectivity index (χ4n) is 2.43. The molecular weight excluding hydrogens is 256 g/mol. The summed E-state index contributed by atoms with van der Waals surface area (Å²) >= 11 is 0. The molecule has 1 aliphatic rings. The molecule has 0 bridgehead atoms. The van der Waals surface area contributed by atoms with Crippen molar-refractivity contribution >= 4 is 11.8 Å². The molecule has 5 heteroatoms. The predicted molar refractivity (Wildman–Crippen MR) is 78.3 cm³/mol. The molecule has 1 saturated heterocycles. The lowest BCUT2D eigenvalue weighted by Gasteiger charge is -2.45. The topological polar surface area (TPSA) is 58.6 Å². The normalized spacial score (nSPS) is 27.7. The maximum absolute atomic E-state index is 12.7. The molecule has 2 atom stereocenters. The quantitative estimate of drug-likeness (QED) is 0.805. The van der Waals surface area contributed by atoms with Gasteiger partial charge in [0.15, 0.2) is 0 Å². The summed E-state index contributed by atoms with van der Waals surface area (Å²) in [5.74, 6) is -0.0610. The van der Waals surface area contributed by atoms with E-state index in [-0.39, 0.29) is 17.2 Å². The van der Waals surface area contributed by atoms with E-state index in [9.17, 15) is 9.59 Å². The van der Waals surface area contributed by atoms with E-state index in [1.165, 1.54) is 0 Å². The van der Waals surface area contributed by atoms with Gasteiger partial charge in [-0.1, -0.05) is 20.8 Å². The van der Waals surface area contributed by atoms with Crippen LogP contribution >= 0.6 is 0 Å². The van der Waals surface area contributed by atoms with Gasteiger partial charge < -0.3 is 15.0 Å². The molecule has 1 aliphatic heterocycles. The number of nitrogens with zero attached hydrogens (tertiary/aromatic N) is 1. The Hall–Kier alpha value is -1.10. The molecule has 0 spiro atoms. The van der Waals surface area contributed by atoms with E-state index in [2.05, 4.69) is 19.2 Å². The third-order valence-electron chi connectivity index (χ3n) is 4.27. The zero-order valence-corrected chi connectivity index (χ0v) is 13.6. The summed E-state index contributed by atoms with van der Waals surface area (Å²) in [6.07, 6.45) is 1.45. The Balaban J connectivity index is 2.90. The van der Waals surface area contributed by atoms with Crippen molar-refractivity contribution < 1.29 is 14.3 Å². The van der Waals surface area contributed by atoms with E-state index in [4.69, 9.17) is 4.74 Å². The van der Waals surface area contributed by atoms with Gasteiger partial charge in [-0.05, 0) is 32.1 Å². The first-order chi connectivity index (χ1) is 9.17. The number of nitrogens with one attached hydrogen (secondary N) is 1. The van der Waals surface area contributed by atoms with Crippen LogP contribution in [0.2, 0.25) is 0 Å². The van der Waals surface area contributed by atoms with Crippen molar-refractivity contribution in [1.29, 1.82) is 0 Å². The van der Waals surface area contributed by atoms with Crippen LogP contribution in [-0.4, -0.2) is 48.6 Å². The molecule has 1 heterocycles. The fourth-order valence-corrected chi connectivity index (χ4v) is 2.43. The van der Waals surface area contributed by atoms with Gasteiger partial charge in [0.25, 0.3) is 0 Å². The van der Waals surface area contributed by atoms with Crippen LogP contribution in [0.3, 0.4) is 0 Å².